The SMILES string of the molecule is CP.[U].[Y].[Zn]. The van der Waals surface area contributed by atoms with Crippen molar-refractivity contribution in [2.75, 3.05) is 6.66 Å². The van der Waals surface area contributed by atoms with E-state index in [0.717, 1.165) is 0 Å². The molecule has 0 rings (SSSR count). The smallest absolute Gasteiger partial charge is 0 e. The molecule has 23 valence electrons. The maximum absolute atomic E-state index is 2.42. The summed E-state index contributed by atoms with van der Waals surface area (Å²) in [4.78, 5) is 0. The van der Waals surface area contributed by atoms with Crippen molar-refractivity contribution in [3.05, 3.63) is 0 Å². The Morgan fingerprint density at radius 3 is 1.20 bits per heavy atom. The molecule has 1 atom stereocenters. The minimum absolute atomic E-state index is 0. The van der Waals surface area contributed by atoms with Crippen LogP contribution in [0.3, 0.4) is 0 Å². The molecular formula is CH5PUYZn. The van der Waals surface area contributed by atoms with Gasteiger partial charge >= 0.3 is 0 Å². The van der Waals surface area contributed by atoms with Gasteiger partial charge in [-0.25, -0.2) is 0 Å². The van der Waals surface area contributed by atoms with E-state index in [2.05, 4.69) is 9.24 Å². The first-order valence-electron chi connectivity index (χ1n) is 0.577. The zero-order valence-electron chi connectivity index (χ0n) is 3.36. The molecule has 0 nitrogen and oxygen atoms in total. The van der Waals surface area contributed by atoms with Crippen molar-refractivity contribution >= 4 is 9.24 Å². The third kappa shape index (κ3) is 19.0. The minimum Gasteiger partial charge on any atom is -0.141 e. The monoisotopic (exact) mass is 439 g/mol. The van der Waals surface area contributed by atoms with Gasteiger partial charge in [-0.15, -0.1) is 9.24 Å². The standard InChI is InChI=1S/CH5P.U.Y.Zn/c1-2;;;/h2H2,1H3;;;. The van der Waals surface area contributed by atoms with Crippen LogP contribution in [0.5, 0.6) is 0 Å². The van der Waals surface area contributed by atoms with Crippen molar-refractivity contribution in [1.29, 1.82) is 0 Å². The van der Waals surface area contributed by atoms with Crippen LogP contribution in [0.25, 0.3) is 0 Å². The van der Waals surface area contributed by atoms with Crippen molar-refractivity contribution in [2.24, 2.45) is 0 Å². The van der Waals surface area contributed by atoms with Gasteiger partial charge in [0, 0.05) is 83.3 Å². The van der Waals surface area contributed by atoms with Gasteiger partial charge in [-0.05, 0) is 0 Å². The van der Waals surface area contributed by atoms with Gasteiger partial charge in [0.05, 0.1) is 0 Å². The Kier molecular flexibility index (Phi) is 130. The molecule has 1 radical (unpaired) electrons. The molecule has 4 heteroatoms. The second-order valence-electron chi connectivity index (χ2n) is 0. The van der Waals surface area contributed by atoms with Crippen LogP contribution < -0.4 is 0 Å². The van der Waals surface area contributed by atoms with Gasteiger partial charge in [-0.3, -0.25) is 0 Å². The maximum atomic E-state index is 2.42. The average molecular weight is 440 g/mol. The van der Waals surface area contributed by atoms with Gasteiger partial charge < -0.3 is 0 Å². The molecule has 0 aromatic carbocycles. The first-order chi connectivity index (χ1) is 1.00. The second kappa shape index (κ2) is 27.0. The van der Waals surface area contributed by atoms with Crippen LogP contribution in [-0.4, -0.2) is 6.66 Å². The number of rotatable bonds is 0. The maximum Gasteiger partial charge on any atom is 0 e. The molecule has 0 aliphatic carbocycles. The van der Waals surface area contributed by atoms with Crippen LogP contribution in [0.2, 0.25) is 0 Å². The summed E-state index contributed by atoms with van der Waals surface area (Å²) in [5.74, 6) is 0. The molecule has 5 heavy (non-hydrogen) atoms. The van der Waals surface area contributed by atoms with Crippen LogP contribution in [0, 0.1) is 31.1 Å². The van der Waals surface area contributed by atoms with Crippen molar-refractivity contribution in [3.63, 3.8) is 0 Å². The van der Waals surface area contributed by atoms with E-state index in [9.17, 15) is 0 Å². The molecule has 0 amide bonds. The van der Waals surface area contributed by atoms with Crippen molar-refractivity contribution in [2.45, 2.75) is 0 Å². The van der Waals surface area contributed by atoms with Crippen molar-refractivity contribution < 1.29 is 83.3 Å². The van der Waals surface area contributed by atoms with E-state index in [1.807, 2.05) is 6.66 Å². The Morgan fingerprint density at radius 1 is 1.20 bits per heavy atom. The third-order valence-electron chi connectivity index (χ3n) is 0. The van der Waals surface area contributed by atoms with Gasteiger partial charge in [0.15, 0.2) is 0 Å². The zero-order chi connectivity index (χ0) is 2.00. The Labute approximate surface area is 97.2 Å². The predicted octanol–water partition coefficient (Wildman–Crippen LogP) is 0.486. The summed E-state index contributed by atoms with van der Waals surface area (Å²) in [5, 5.41) is 0. The van der Waals surface area contributed by atoms with E-state index in [-0.39, 0.29) is 83.3 Å². The van der Waals surface area contributed by atoms with Crippen LogP contribution in [0.15, 0.2) is 0 Å². The topological polar surface area (TPSA) is 0 Å². The largest absolute Gasteiger partial charge is 0.141 e. The van der Waals surface area contributed by atoms with E-state index < -0.39 is 0 Å². The van der Waals surface area contributed by atoms with Crippen LogP contribution in [-0.2, 0) is 52.2 Å². The Bertz CT molecular complexity index is 11.6. The molecular weight excluding hydrogens is 435 g/mol. The van der Waals surface area contributed by atoms with Crippen LogP contribution >= 0.6 is 9.24 Å². The molecule has 1 unspecified atom stereocenters. The second-order valence-corrected chi connectivity index (χ2v) is 0. The van der Waals surface area contributed by atoms with Crippen LogP contribution in [0.1, 0.15) is 0 Å². The molecule has 0 fully saturated rings. The quantitative estimate of drug-likeness (QED) is 0.380. The summed E-state index contributed by atoms with van der Waals surface area (Å²) in [6, 6.07) is 0. The summed E-state index contributed by atoms with van der Waals surface area (Å²) in [7, 11) is 2.42. The first-order valence-corrected chi connectivity index (χ1v) is 1.73. The van der Waals surface area contributed by atoms with Crippen LogP contribution in [0.4, 0.5) is 0 Å². The molecule has 0 aliphatic heterocycles. The molecule has 0 aromatic heterocycles. The fourth-order valence-corrected chi connectivity index (χ4v) is 0. The van der Waals surface area contributed by atoms with Gasteiger partial charge in [-0.1, -0.05) is 6.66 Å². The molecule has 0 bridgehead atoms. The first kappa shape index (κ1) is 24.1. The van der Waals surface area contributed by atoms with E-state index in [1.54, 1.807) is 0 Å². The summed E-state index contributed by atoms with van der Waals surface area (Å²) in [6.45, 7) is 1.92. The number of hydrogen-bond acceptors (Lipinski definition) is 0. The van der Waals surface area contributed by atoms with Crippen molar-refractivity contribution in [1.82, 2.24) is 0 Å². The normalized spacial score (nSPS) is 1.20. The Morgan fingerprint density at radius 2 is 1.20 bits per heavy atom. The summed E-state index contributed by atoms with van der Waals surface area (Å²) < 4.78 is 0. The molecule has 0 saturated carbocycles. The molecule has 0 heterocycles. The molecule has 0 aliphatic rings. The zero-order valence-corrected chi connectivity index (χ0v) is 14.5. The van der Waals surface area contributed by atoms with Gasteiger partial charge in [0.25, 0.3) is 0 Å². The predicted molar refractivity (Wildman–Crippen MR) is 15.6 cm³/mol. The fourth-order valence-electron chi connectivity index (χ4n) is 0. The Hall–Kier alpha value is 3.21. The summed E-state index contributed by atoms with van der Waals surface area (Å²) >= 11 is 0. The summed E-state index contributed by atoms with van der Waals surface area (Å²) in [5.41, 5.74) is 0. The average Bonchev–Trinajstić information content (AvgIpc) is 1.00. The van der Waals surface area contributed by atoms with E-state index >= 15 is 0 Å². The van der Waals surface area contributed by atoms with Gasteiger partial charge in [0.2, 0.25) is 0 Å². The summed E-state index contributed by atoms with van der Waals surface area (Å²) in [6.07, 6.45) is 0. The van der Waals surface area contributed by atoms with Gasteiger partial charge in [-0.2, -0.15) is 0 Å². The van der Waals surface area contributed by atoms with E-state index in [0.29, 0.717) is 0 Å². The fraction of sp³-hybridized carbons (Fsp3) is 1.00. The molecule has 0 aromatic rings. The Balaban J connectivity index is -0.00000000167. The third-order valence-corrected chi connectivity index (χ3v) is 0. The van der Waals surface area contributed by atoms with Gasteiger partial charge in [0.1, 0.15) is 0 Å². The minimum atomic E-state index is 0. The van der Waals surface area contributed by atoms with E-state index in [4.69, 9.17) is 0 Å². The van der Waals surface area contributed by atoms with Crippen molar-refractivity contribution in [3.8, 4) is 0 Å². The molecule has 0 N–H and O–H groups in total. The molecule has 0 spiro atoms. The number of hydrogen-bond donors (Lipinski definition) is 0. The van der Waals surface area contributed by atoms with E-state index in [1.165, 1.54) is 0 Å². The molecule has 0 saturated heterocycles.